The molecule has 8 nitrogen and oxygen atoms in total. The monoisotopic (exact) mass is 425 g/mol. The fourth-order valence-electron chi connectivity index (χ4n) is 3.71. The summed E-state index contributed by atoms with van der Waals surface area (Å²) in [6.07, 6.45) is 0. The number of H-pyrrole nitrogens is 2. The van der Waals surface area contributed by atoms with E-state index in [-0.39, 0.29) is 5.91 Å². The van der Waals surface area contributed by atoms with Crippen LogP contribution in [0.15, 0.2) is 30.3 Å². The summed E-state index contributed by atoms with van der Waals surface area (Å²) in [5, 5.41) is 9.51. The Labute approximate surface area is 177 Å². The topological polar surface area (TPSA) is 86.5 Å². The molecule has 1 aliphatic heterocycles. The number of fused-ring (bicyclic) bond motifs is 2. The number of nitrogens with zero attached hydrogens (tertiary/aromatic N) is 3. The van der Waals surface area contributed by atoms with Crippen molar-refractivity contribution >= 4 is 43.4 Å². The van der Waals surface area contributed by atoms with Crippen molar-refractivity contribution in [2.75, 3.05) is 51.9 Å². The predicted octanol–water partition coefficient (Wildman–Crippen LogP) is 3.08. The number of likely N-dealkylation sites (N-methyl/N-ethyl adjacent to an activating group) is 1. The summed E-state index contributed by atoms with van der Waals surface area (Å²) in [5.41, 5.74) is 3.74. The standard InChI is InChI=1S/C21H23N5O3S/c1-25(19(27)12-26-5-7-29-8-6-26)20-11-16-18(30-20)10-17(22-16)21-14-4-3-13(28-2)9-15(14)23-24-21/h3-4,9-11,22H,5-8,12H2,1-2H3,(H,23,24). The van der Waals surface area contributed by atoms with Crippen LogP contribution in [0.2, 0.25) is 0 Å². The third kappa shape index (κ3) is 3.45. The van der Waals surface area contributed by atoms with Gasteiger partial charge in [-0.05, 0) is 24.3 Å². The van der Waals surface area contributed by atoms with Crippen LogP contribution < -0.4 is 9.64 Å². The Morgan fingerprint density at radius 1 is 1.27 bits per heavy atom. The van der Waals surface area contributed by atoms with Crippen LogP contribution in [0.25, 0.3) is 32.5 Å². The average Bonchev–Trinajstić information content (AvgIpc) is 3.46. The first-order valence-corrected chi connectivity index (χ1v) is 10.7. The SMILES string of the molecule is COc1ccc2c(-c3cc4sc(N(C)C(=O)CN5CCOCC5)cc4[nH]3)n[nH]c2c1. The molecule has 4 heterocycles. The highest BCUT2D eigenvalue weighted by Gasteiger charge is 2.20. The average molecular weight is 426 g/mol. The van der Waals surface area contributed by atoms with E-state index in [1.165, 1.54) is 0 Å². The maximum atomic E-state index is 12.7. The van der Waals surface area contributed by atoms with E-state index in [0.29, 0.717) is 19.8 Å². The molecule has 0 bridgehead atoms. The quantitative estimate of drug-likeness (QED) is 0.513. The number of ether oxygens (including phenoxy) is 2. The molecule has 1 fully saturated rings. The number of benzene rings is 1. The number of rotatable bonds is 5. The van der Waals surface area contributed by atoms with Crippen LogP contribution in [-0.4, -0.2) is 73.0 Å². The zero-order chi connectivity index (χ0) is 20.7. The molecule has 4 aromatic rings. The van der Waals surface area contributed by atoms with Gasteiger partial charge in [-0.25, -0.2) is 0 Å². The molecule has 30 heavy (non-hydrogen) atoms. The predicted molar refractivity (Wildman–Crippen MR) is 118 cm³/mol. The first-order chi connectivity index (χ1) is 14.6. The number of nitrogens with one attached hydrogen (secondary N) is 2. The second kappa shape index (κ2) is 7.75. The molecule has 0 saturated carbocycles. The number of carbonyl (C=O) groups excluding carboxylic acids is 1. The minimum atomic E-state index is 0.0910. The van der Waals surface area contributed by atoms with Gasteiger partial charge < -0.3 is 19.4 Å². The van der Waals surface area contributed by atoms with Crippen LogP contribution in [0.5, 0.6) is 5.75 Å². The fraction of sp³-hybridized carbons (Fsp3) is 0.333. The van der Waals surface area contributed by atoms with Crippen LogP contribution in [-0.2, 0) is 9.53 Å². The number of thiophene rings is 1. The summed E-state index contributed by atoms with van der Waals surface area (Å²) in [6, 6.07) is 9.98. The Hall–Kier alpha value is -2.88. The highest BCUT2D eigenvalue weighted by Crippen LogP contribution is 2.36. The molecule has 1 saturated heterocycles. The Kier molecular flexibility index (Phi) is 4.93. The Morgan fingerprint density at radius 2 is 2.10 bits per heavy atom. The molecule has 2 N–H and O–H groups in total. The van der Waals surface area contributed by atoms with E-state index in [1.54, 1.807) is 23.3 Å². The second-order valence-corrected chi connectivity index (χ2v) is 8.43. The number of morpholine rings is 1. The van der Waals surface area contributed by atoms with Crippen molar-refractivity contribution in [3.63, 3.8) is 0 Å². The van der Waals surface area contributed by atoms with Gasteiger partial charge in [0.25, 0.3) is 0 Å². The van der Waals surface area contributed by atoms with Gasteiger partial charge in [-0.3, -0.25) is 14.8 Å². The van der Waals surface area contributed by atoms with Crippen LogP contribution in [0.1, 0.15) is 0 Å². The van der Waals surface area contributed by atoms with Gasteiger partial charge in [0.05, 0.1) is 48.3 Å². The molecule has 5 rings (SSSR count). The van der Waals surface area contributed by atoms with Crippen molar-refractivity contribution in [3.05, 3.63) is 30.3 Å². The third-order valence-corrected chi connectivity index (χ3v) is 6.64. The van der Waals surface area contributed by atoms with E-state index in [9.17, 15) is 4.79 Å². The minimum Gasteiger partial charge on any atom is -0.497 e. The van der Waals surface area contributed by atoms with Gasteiger partial charge in [0.15, 0.2) is 0 Å². The van der Waals surface area contributed by atoms with Crippen molar-refractivity contribution in [1.29, 1.82) is 0 Å². The van der Waals surface area contributed by atoms with E-state index in [2.05, 4.69) is 26.1 Å². The lowest BCUT2D eigenvalue weighted by Crippen LogP contribution is -2.43. The fourth-order valence-corrected chi connectivity index (χ4v) is 4.75. The summed E-state index contributed by atoms with van der Waals surface area (Å²) < 4.78 is 11.7. The molecule has 1 aliphatic rings. The van der Waals surface area contributed by atoms with E-state index < -0.39 is 0 Å². The van der Waals surface area contributed by atoms with Gasteiger partial charge in [-0.2, -0.15) is 5.10 Å². The van der Waals surface area contributed by atoms with Crippen LogP contribution in [0, 0.1) is 0 Å². The summed E-state index contributed by atoms with van der Waals surface area (Å²) >= 11 is 1.60. The normalized spacial score (nSPS) is 15.1. The van der Waals surface area contributed by atoms with Crippen molar-refractivity contribution < 1.29 is 14.3 Å². The number of amides is 1. The number of hydrogen-bond acceptors (Lipinski definition) is 6. The molecule has 1 aromatic carbocycles. The minimum absolute atomic E-state index is 0.0910. The Balaban J connectivity index is 1.37. The largest absolute Gasteiger partial charge is 0.497 e. The van der Waals surface area contributed by atoms with Crippen LogP contribution in [0.4, 0.5) is 5.00 Å². The lowest BCUT2D eigenvalue weighted by atomic mass is 10.1. The summed E-state index contributed by atoms with van der Waals surface area (Å²) in [6.45, 7) is 3.40. The number of anilines is 1. The number of hydrogen-bond donors (Lipinski definition) is 2. The lowest BCUT2D eigenvalue weighted by Gasteiger charge is -2.27. The summed E-state index contributed by atoms with van der Waals surface area (Å²) in [7, 11) is 3.49. The van der Waals surface area contributed by atoms with Gasteiger partial charge >= 0.3 is 0 Å². The van der Waals surface area contributed by atoms with Gasteiger partial charge in [0, 0.05) is 31.6 Å². The van der Waals surface area contributed by atoms with Gasteiger partial charge in [0.1, 0.15) is 16.4 Å². The molecule has 156 valence electrons. The zero-order valence-electron chi connectivity index (χ0n) is 16.9. The molecule has 3 aromatic heterocycles. The van der Waals surface area contributed by atoms with Crippen LogP contribution >= 0.6 is 11.3 Å². The lowest BCUT2D eigenvalue weighted by molar-refractivity contribution is -0.120. The maximum absolute atomic E-state index is 12.7. The van der Waals surface area contributed by atoms with Crippen molar-refractivity contribution in [1.82, 2.24) is 20.1 Å². The second-order valence-electron chi connectivity index (χ2n) is 7.37. The van der Waals surface area contributed by atoms with Gasteiger partial charge in [-0.15, -0.1) is 11.3 Å². The first-order valence-electron chi connectivity index (χ1n) is 9.84. The van der Waals surface area contributed by atoms with Crippen LogP contribution in [0.3, 0.4) is 0 Å². The van der Waals surface area contributed by atoms with Crippen molar-refractivity contribution in [2.24, 2.45) is 0 Å². The molecule has 0 radical (unpaired) electrons. The van der Waals surface area contributed by atoms with Gasteiger partial charge in [0.2, 0.25) is 5.91 Å². The van der Waals surface area contributed by atoms with E-state index in [0.717, 1.165) is 56.3 Å². The zero-order valence-corrected chi connectivity index (χ0v) is 17.7. The molecule has 0 atom stereocenters. The Bertz CT molecular complexity index is 1170. The summed E-state index contributed by atoms with van der Waals surface area (Å²) in [4.78, 5) is 20.0. The number of aromatic nitrogens is 3. The highest BCUT2D eigenvalue weighted by atomic mass is 32.1. The highest BCUT2D eigenvalue weighted by molar-refractivity contribution is 7.23. The Morgan fingerprint density at radius 3 is 2.87 bits per heavy atom. The molecule has 0 spiro atoms. The number of methoxy groups -OCH3 is 1. The van der Waals surface area contributed by atoms with E-state index >= 15 is 0 Å². The third-order valence-electron chi connectivity index (χ3n) is 5.48. The number of carbonyl (C=O) groups is 1. The molecular formula is C21H23N5O3S. The van der Waals surface area contributed by atoms with E-state index in [4.69, 9.17) is 9.47 Å². The van der Waals surface area contributed by atoms with Crippen molar-refractivity contribution in [3.8, 4) is 17.1 Å². The van der Waals surface area contributed by atoms with Crippen molar-refractivity contribution in [2.45, 2.75) is 0 Å². The first kappa shape index (κ1) is 19.1. The van der Waals surface area contributed by atoms with Gasteiger partial charge in [-0.1, -0.05) is 0 Å². The summed E-state index contributed by atoms with van der Waals surface area (Å²) in [5.74, 6) is 0.882. The smallest absolute Gasteiger partial charge is 0.241 e. The number of aromatic amines is 2. The molecular weight excluding hydrogens is 402 g/mol. The molecule has 9 heteroatoms. The molecule has 0 aliphatic carbocycles. The molecule has 1 amide bonds. The molecule has 0 unspecified atom stereocenters. The maximum Gasteiger partial charge on any atom is 0.241 e. The van der Waals surface area contributed by atoms with E-state index in [1.807, 2.05) is 31.3 Å².